The van der Waals surface area contributed by atoms with Crippen LogP contribution in [0.15, 0.2) is 241 Å². The number of rotatable bonds is 6. The third-order valence-electron chi connectivity index (χ3n) is 13.5. The maximum atomic E-state index is 7.09. The molecule has 1 spiro atoms. The van der Waals surface area contributed by atoms with E-state index in [9.17, 15) is 0 Å². The van der Waals surface area contributed by atoms with Crippen LogP contribution in [0.2, 0.25) is 0 Å². The average molecular weight is 802 g/mol. The molecule has 0 saturated carbocycles. The zero-order valence-electron chi connectivity index (χ0n) is 34.4. The molecule has 10 aromatic carbocycles. The van der Waals surface area contributed by atoms with Gasteiger partial charge in [-0.05, 0) is 114 Å². The Hall–Kier alpha value is -8.20. The van der Waals surface area contributed by atoms with Crippen LogP contribution in [0.5, 0.6) is 0 Å². The van der Waals surface area contributed by atoms with Gasteiger partial charge in [-0.25, -0.2) is 0 Å². The summed E-state index contributed by atoms with van der Waals surface area (Å²) >= 11 is 0. The van der Waals surface area contributed by atoms with Crippen molar-refractivity contribution in [3.63, 3.8) is 0 Å². The highest BCUT2D eigenvalue weighted by Gasteiger charge is 2.52. The molecule has 2 aliphatic rings. The lowest BCUT2D eigenvalue weighted by Gasteiger charge is -2.30. The van der Waals surface area contributed by atoms with Gasteiger partial charge in [0.2, 0.25) is 0 Å². The fourth-order valence-electron chi connectivity index (χ4n) is 10.9. The fourth-order valence-corrected chi connectivity index (χ4v) is 10.9. The second kappa shape index (κ2) is 13.9. The van der Waals surface area contributed by atoms with Crippen molar-refractivity contribution in [1.29, 1.82) is 0 Å². The van der Waals surface area contributed by atoms with E-state index < -0.39 is 5.41 Å². The Bertz CT molecular complexity index is 3420. The Morgan fingerprint density at radius 2 is 0.778 bits per heavy atom. The van der Waals surface area contributed by atoms with E-state index in [2.05, 4.69) is 241 Å². The van der Waals surface area contributed by atoms with Crippen LogP contribution >= 0.6 is 0 Å². The minimum Gasteiger partial charge on any atom is -0.454 e. The number of hydrogen-bond donors (Lipinski definition) is 0. The molecule has 0 fully saturated rings. The Labute approximate surface area is 366 Å². The van der Waals surface area contributed by atoms with Gasteiger partial charge in [-0.15, -0.1) is 0 Å². The van der Waals surface area contributed by atoms with Gasteiger partial charge in [0, 0.05) is 22.1 Å². The number of hydrogen-bond acceptors (Lipinski definition) is 2. The van der Waals surface area contributed by atoms with E-state index in [0.29, 0.717) is 0 Å². The molecule has 1 heterocycles. The van der Waals surface area contributed by atoms with Gasteiger partial charge in [-0.3, -0.25) is 0 Å². The van der Waals surface area contributed by atoms with Gasteiger partial charge in [0.05, 0.1) is 11.1 Å². The first kappa shape index (κ1) is 35.5. The molecule has 0 N–H and O–H groups in total. The summed E-state index contributed by atoms with van der Waals surface area (Å²) < 4.78 is 7.09. The van der Waals surface area contributed by atoms with Crippen molar-refractivity contribution in [2.24, 2.45) is 0 Å². The first-order valence-corrected chi connectivity index (χ1v) is 21.8. The van der Waals surface area contributed by atoms with Gasteiger partial charge in [0.25, 0.3) is 0 Å². The molecule has 11 aromatic rings. The van der Waals surface area contributed by atoms with Gasteiger partial charge >= 0.3 is 0 Å². The highest BCUT2D eigenvalue weighted by atomic mass is 16.3. The van der Waals surface area contributed by atoms with E-state index in [1.807, 2.05) is 0 Å². The van der Waals surface area contributed by atoms with E-state index in [1.54, 1.807) is 0 Å². The topological polar surface area (TPSA) is 16.4 Å². The summed E-state index contributed by atoms with van der Waals surface area (Å²) in [6.07, 6.45) is 0. The van der Waals surface area contributed by atoms with Gasteiger partial charge in [0.15, 0.2) is 5.58 Å². The smallest absolute Gasteiger partial charge is 0.160 e. The van der Waals surface area contributed by atoms with Crippen molar-refractivity contribution in [2.45, 2.75) is 5.41 Å². The highest BCUT2D eigenvalue weighted by molar-refractivity contribution is 6.18. The Morgan fingerprint density at radius 3 is 1.38 bits per heavy atom. The van der Waals surface area contributed by atoms with Crippen molar-refractivity contribution in [3.8, 4) is 55.6 Å². The number of benzene rings is 10. The molecule has 2 nitrogen and oxygen atoms in total. The molecule has 13 rings (SSSR count). The predicted octanol–water partition coefficient (Wildman–Crippen LogP) is 16.4. The zero-order valence-corrected chi connectivity index (χ0v) is 34.4. The minimum atomic E-state index is -0.429. The van der Waals surface area contributed by atoms with Crippen LogP contribution in [-0.4, -0.2) is 0 Å². The standard InChI is InChI=1S/C61H39NO/c1-3-16-40(17-4-1)42-30-34-44(35-31-42)62(45-36-32-43(33-37-45)41-18-5-2-6-19-41)56-39-38-49(59-51-23-10-14-29-57(51)63-60(56)59)48-24-15-28-55-58(48)50-22-9-13-27-54(50)61(55)52-25-11-7-20-46(52)47-21-8-12-26-53(47)61/h1-39H. The van der Waals surface area contributed by atoms with Crippen molar-refractivity contribution in [1.82, 2.24) is 0 Å². The summed E-state index contributed by atoms with van der Waals surface area (Å²) in [4.78, 5) is 2.35. The van der Waals surface area contributed by atoms with Gasteiger partial charge in [-0.2, -0.15) is 0 Å². The second-order valence-corrected chi connectivity index (χ2v) is 16.7. The number of furan rings is 1. The first-order valence-electron chi connectivity index (χ1n) is 21.8. The summed E-state index contributed by atoms with van der Waals surface area (Å²) in [5.74, 6) is 0. The van der Waals surface area contributed by atoms with Crippen molar-refractivity contribution >= 4 is 39.0 Å². The first-order chi connectivity index (χ1) is 31.3. The third kappa shape index (κ3) is 5.19. The van der Waals surface area contributed by atoms with E-state index in [1.165, 1.54) is 72.3 Å². The Kier molecular flexibility index (Phi) is 7.85. The molecule has 0 unspecified atom stereocenters. The summed E-state index contributed by atoms with van der Waals surface area (Å²) in [5.41, 5.74) is 22.0. The predicted molar refractivity (Wildman–Crippen MR) is 261 cm³/mol. The Balaban J connectivity index is 1.05. The summed E-state index contributed by atoms with van der Waals surface area (Å²) in [7, 11) is 0. The van der Waals surface area contributed by atoms with E-state index in [4.69, 9.17) is 4.42 Å². The lowest BCUT2D eigenvalue weighted by molar-refractivity contribution is 0.669. The summed E-state index contributed by atoms with van der Waals surface area (Å²) in [6, 6.07) is 86.2. The molecule has 0 amide bonds. The molecular formula is C61H39NO. The quantitative estimate of drug-likeness (QED) is 0.167. The fraction of sp³-hybridized carbons (Fsp3) is 0.0164. The normalized spacial score (nSPS) is 12.9. The van der Waals surface area contributed by atoms with E-state index in [-0.39, 0.29) is 0 Å². The van der Waals surface area contributed by atoms with Gasteiger partial charge in [0.1, 0.15) is 5.58 Å². The third-order valence-corrected chi connectivity index (χ3v) is 13.5. The lowest BCUT2D eigenvalue weighted by atomic mass is 9.70. The molecule has 0 bridgehead atoms. The van der Waals surface area contributed by atoms with Crippen LogP contribution in [0, 0.1) is 0 Å². The van der Waals surface area contributed by atoms with Crippen LogP contribution in [0.25, 0.3) is 77.6 Å². The number of nitrogens with zero attached hydrogens (tertiary/aromatic N) is 1. The molecule has 1 aromatic heterocycles. The van der Waals surface area contributed by atoms with Crippen LogP contribution in [0.1, 0.15) is 22.3 Å². The number of anilines is 3. The molecule has 0 saturated heterocycles. The number of fused-ring (bicyclic) bond motifs is 13. The molecule has 63 heavy (non-hydrogen) atoms. The summed E-state index contributed by atoms with van der Waals surface area (Å²) in [5, 5.41) is 2.20. The second-order valence-electron chi connectivity index (χ2n) is 16.7. The van der Waals surface area contributed by atoms with Crippen LogP contribution in [0.3, 0.4) is 0 Å². The van der Waals surface area contributed by atoms with Crippen LogP contribution in [0.4, 0.5) is 17.1 Å². The molecule has 0 radical (unpaired) electrons. The molecule has 294 valence electrons. The SMILES string of the molecule is c1ccc(-c2ccc(N(c3ccc(-c4ccccc4)cc3)c3ccc(-c4cccc5c4-c4ccccc4C54c5ccccc5-c5ccccc54)c4c3oc3ccccc34)cc2)cc1. The molecular weight excluding hydrogens is 763 g/mol. The van der Waals surface area contributed by atoms with Crippen LogP contribution in [-0.2, 0) is 5.41 Å². The number of para-hydroxylation sites is 1. The highest BCUT2D eigenvalue weighted by Crippen LogP contribution is 2.64. The minimum absolute atomic E-state index is 0.429. The molecule has 0 atom stereocenters. The van der Waals surface area contributed by atoms with Crippen molar-refractivity contribution in [3.05, 3.63) is 259 Å². The van der Waals surface area contributed by atoms with Crippen molar-refractivity contribution in [2.75, 3.05) is 4.90 Å². The monoisotopic (exact) mass is 801 g/mol. The Morgan fingerprint density at radius 1 is 0.317 bits per heavy atom. The lowest BCUT2D eigenvalue weighted by Crippen LogP contribution is -2.25. The van der Waals surface area contributed by atoms with Crippen LogP contribution < -0.4 is 4.90 Å². The van der Waals surface area contributed by atoms with E-state index in [0.717, 1.165) is 44.6 Å². The van der Waals surface area contributed by atoms with Crippen molar-refractivity contribution < 1.29 is 4.42 Å². The average Bonchev–Trinajstić information content (AvgIpc) is 4.00. The zero-order chi connectivity index (χ0) is 41.5. The molecule has 0 aliphatic heterocycles. The van der Waals surface area contributed by atoms with Gasteiger partial charge in [-0.1, -0.05) is 200 Å². The maximum absolute atomic E-state index is 7.09. The maximum Gasteiger partial charge on any atom is 0.160 e. The van der Waals surface area contributed by atoms with E-state index >= 15 is 0 Å². The van der Waals surface area contributed by atoms with Gasteiger partial charge < -0.3 is 9.32 Å². The summed E-state index contributed by atoms with van der Waals surface area (Å²) in [6.45, 7) is 0. The molecule has 2 heteroatoms. The molecule has 2 aliphatic carbocycles. The largest absolute Gasteiger partial charge is 0.454 e.